The van der Waals surface area contributed by atoms with Crippen LogP contribution in [0.5, 0.6) is 0 Å². The average Bonchev–Trinajstić information content (AvgIpc) is 2.79. The summed E-state index contributed by atoms with van der Waals surface area (Å²) in [6.45, 7) is -1.35. The normalized spacial score (nSPS) is 10.7. The van der Waals surface area contributed by atoms with Crippen LogP contribution in [0.15, 0.2) is 47.5 Å². The van der Waals surface area contributed by atoms with Gasteiger partial charge in [0, 0.05) is 5.56 Å². The maximum Gasteiger partial charge on any atom is 0.320 e. The molecule has 0 saturated heterocycles. The molecule has 0 bridgehead atoms. The molecule has 0 fully saturated rings. The van der Waals surface area contributed by atoms with E-state index in [0.29, 0.717) is 5.69 Å². The molecule has 0 aliphatic heterocycles. The monoisotopic (exact) mass is 545 g/mol. The first kappa shape index (κ1) is 29.5. The van der Waals surface area contributed by atoms with Crippen molar-refractivity contribution in [2.45, 2.75) is 6.04 Å². The predicted molar refractivity (Wildman–Crippen MR) is 134 cm³/mol. The summed E-state index contributed by atoms with van der Waals surface area (Å²) >= 11 is 11.8. The van der Waals surface area contributed by atoms with Gasteiger partial charge >= 0.3 is 6.03 Å². The molecule has 1 atom stereocenters. The fourth-order valence-corrected chi connectivity index (χ4v) is 2.83. The van der Waals surface area contributed by atoms with E-state index in [1.54, 1.807) is 6.07 Å². The number of hydrogen-bond donors (Lipinski definition) is 7. The van der Waals surface area contributed by atoms with Crippen molar-refractivity contribution in [1.29, 1.82) is 0 Å². The van der Waals surface area contributed by atoms with Gasteiger partial charge in [-0.15, -0.1) is 12.4 Å². The number of carbonyl (C=O) groups is 4. The van der Waals surface area contributed by atoms with Gasteiger partial charge in [-0.1, -0.05) is 29.3 Å². The van der Waals surface area contributed by atoms with Gasteiger partial charge in [0.05, 0.1) is 34.6 Å². The minimum absolute atomic E-state index is 0. The van der Waals surface area contributed by atoms with E-state index in [9.17, 15) is 24.3 Å². The Morgan fingerprint density at radius 3 is 2.29 bits per heavy atom. The number of carbonyl (C=O) groups excluding carboxylic acids is 4. The minimum atomic E-state index is -1.38. The average molecular weight is 547 g/mol. The van der Waals surface area contributed by atoms with Crippen LogP contribution in [0.1, 0.15) is 10.4 Å². The highest BCUT2D eigenvalue weighted by atomic mass is 35.5. The number of anilines is 1. The van der Waals surface area contributed by atoms with Crippen LogP contribution in [-0.4, -0.2) is 54.0 Å². The first-order valence-corrected chi connectivity index (χ1v) is 10.3. The Labute approximate surface area is 215 Å². The fraction of sp³-hybridized carbons (Fsp3) is 0.150. The molecule has 12 nitrogen and oxygen atoms in total. The number of hydrogen-bond acceptors (Lipinski definition) is 6. The Hall–Kier alpha value is -3.58. The number of rotatable bonds is 8. The van der Waals surface area contributed by atoms with E-state index >= 15 is 0 Å². The second-order valence-corrected chi connectivity index (χ2v) is 7.40. The van der Waals surface area contributed by atoms with Crippen LogP contribution in [0, 0.1) is 0 Å². The van der Waals surface area contributed by atoms with Gasteiger partial charge in [-0.05, 0) is 36.4 Å². The summed E-state index contributed by atoms with van der Waals surface area (Å²) in [6, 6.07) is 8.08. The van der Waals surface area contributed by atoms with Crippen LogP contribution < -0.4 is 32.7 Å². The number of imide groups is 1. The Morgan fingerprint density at radius 2 is 1.69 bits per heavy atom. The SMILES string of the molecule is Cl.NC(N)=Nc1ccc(C(=O)NC(=O)CNC(=O)[C@H](CO)NC(=O)Nc2cccc(Cl)c2Cl)cc1. The second kappa shape index (κ2) is 14.0. The van der Waals surface area contributed by atoms with Gasteiger partial charge in [-0.25, -0.2) is 9.79 Å². The number of benzene rings is 2. The lowest BCUT2D eigenvalue weighted by atomic mass is 10.2. The van der Waals surface area contributed by atoms with E-state index in [4.69, 9.17) is 34.7 Å². The number of nitrogens with two attached hydrogens (primary N) is 2. The largest absolute Gasteiger partial charge is 0.394 e. The maximum absolute atomic E-state index is 12.2. The highest BCUT2D eigenvalue weighted by Crippen LogP contribution is 2.29. The van der Waals surface area contributed by atoms with Crippen molar-refractivity contribution in [2.24, 2.45) is 16.5 Å². The van der Waals surface area contributed by atoms with Gasteiger partial charge in [-0.2, -0.15) is 0 Å². The van der Waals surface area contributed by atoms with Crippen LogP contribution in [0.4, 0.5) is 16.2 Å². The molecule has 0 unspecified atom stereocenters. The van der Waals surface area contributed by atoms with Gasteiger partial charge in [0.25, 0.3) is 5.91 Å². The molecule has 9 N–H and O–H groups in total. The summed E-state index contributed by atoms with van der Waals surface area (Å²) in [6.07, 6.45) is 0. The Balaban J connectivity index is 0.00000612. The standard InChI is InChI=1S/C20H21Cl2N7O5.ClH/c21-12-2-1-3-13(16(12)22)27-20(34)28-14(9-30)18(33)25-8-15(31)29-17(32)10-4-6-11(7-5-10)26-19(23)24;/h1-7,14,30H,8-9H2,(H,25,33)(H4,23,24,26)(H2,27,28,34)(H,29,31,32);1H/t14-;/m0./s1. The zero-order valence-electron chi connectivity index (χ0n) is 17.9. The molecule has 15 heteroatoms. The number of halogens is 3. The molecular weight excluding hydrogens is 525 g/mol. The summed E-state index contributed by atoms with van der Waals surface area (Å²) in [5, 5.41) is 18.6. The number of amides is 5. The Kier molecular flexibility index (Phi) is 11.8. The summed E-state index contributed by atoms with van der Waals surface area (Å²) in [5.41, 5.74) is 11.3. The van der Waals surface area contributed by atoms with E-state index in [1.807, 2.05) is 0 Å². The van der Waals surface area contributed by atoms with Crippen molar-refractivity contribution < 1.29 is 24.3 Å². The van der Waals surface area contributed by atoms with Gasteiger partial charge in [0.2, 0.25) is 11.8 Å². The quantitative estimate of drug-likeness (QED) is 0.188. The van der Waals surface area contributed by atoms with Crippen LogP contribution in [-0.2, 0) is 9.59 Å². The summed E-state index contributed by atoms with van der Waals surface area (Å²) in [4.78, 5) is 52.3. The van der Waals surface area contributed by atoms with Crippen molar-refractivity contribution >= 4 is 76.7 Å². The third kappa shape index (κ3) is 9.29. The number of guanidine groups is 1. The summed E-state index contributed by atoms with van der Waals surface area (Å²) in [7, 11) is 0. The lowest BCUT2D eigenvalue weighted by Gasteiger charge is -2.17. The first-order valence-electron chi connectivity index (χ1n) is 9.54. The van der Waals surface area contributed by atoms with Gasteiger partial charge in [0.1, 0.15) is 6.04 Å². The van der Waals surface area contributed by atoms with Gasteiger partial charge < -0.3 is 32.5 Å². The molecule has 0 aliphatic carbocycles. The van der Waals surface area contributed by atoms with Gasteiger partial charge in [-0.3, -0.25) is 19.7 Å². The third-order valence-corrected chi connectivity index (χ3v) is 4.89. The van der Waals surface area contributed by atoms with Crippen LogP contribution in [0.2, 0.25) is 10.0 Å². The number of urea groups is 1. The molecule has 0 radical (unpaired) electrons. The predicted octanol–water partition coefficient (Wildman–Crippen LogP) is 0.875. The molecule has 35 heavy (non-hydrogen) atoms. The zero-order valence-corrected chi connectivity index (χ0v) is 20.2. The Bertz CT molecular complexity index is 1110. The molecule has 5 amide bonds. The maximum atomic E-state index is 12.2. The van der Waals surface area contributed by atoms with Crippen molar-refractivity contribution in [2.75, 3.05) is 18.5 Å². The van der Waals surface area contributed by atoms with Gasteiger partial charge in [0.15, 0.2) is 5.96 Å². The molecule has 0 aromatic heterocycles. The summed E-state index contributed by atoms with van der Waals surface area (Å²) < 4.78 is 0. The van der Waals surface area contributed by atoms with Crippen molar-refractivity contribution in [3.05, 3.63) is 58.1 Å². The number of aliphatic imine (C=N–C) groups is 1. The zero-order chi connectivity index (χ0) is 25.3. The highest BCUT2D eigenvalue weighted by molar-refractivity contribution is 6.44. The third-order valence-electron chi connectivity index (χ3n) is 4.07. The minimum Gasteiger partial charge on any atom is -0.394 e. The number of aliphatic hydroxyl groups is 1. The van der Waals surface area contributed by atoms with E-state index in [0.717, 1.165) is 0 Å². The van der Waals surface area contributed by atoms with E-state index in [-0.39, 0.29) is 39.7 Å². The molecule has 0 saturated carbocycles. The molecule has 188 valence electrons. The molecule has 2 aromatic carbocycles. The smallest absolute Gasteiger partial charge is 0.320 e. The number of nitrogens with zero attached hydrogens (tertiary/aromatic N) is 1. The summed E-state index contributed by atoms with van der Waals surface area (Å²) in [5.74, 6) is -2.55. The topological polar surface area (TPSA) is 201 Å². The lowest BCUT2D eigenvalue weighted by Crippen LogP contribution is -2.52. The molecule has 0 aliphatic rings. The van der Waals surface area contributed by atoms with E-state index in [2.05, 4.69) is 26.3 Å². The first-order chi connectivity index (χ1) is 16.1. The lowest BCUT2D eigenvalue weighted by molar-refractivity contribution is -0.127. The number of nitrogens with one attached hydrogen (secondary N) is 4. The van der Waals surface area contributed by atoms with Crippen molar-refractivity contribution in [3.63, 3.8) is 0 Å². The highest BCUT2D eigenvalue weighted by Gasteiger charge is 2.21. The van der Waals surface area contributed by atoms with Crippen LogP contribution in [0.25, 0.3) is 0 Å². The van der Waals surface area contributed by atoms with E-state index in [1.165, 1.54) is 36.4 Å². The Morgan fingerprint density at radius 1 is 1.03 bits per heavy atom. The van der Waals surface area contributed by atoms with Crippen LogP contribution in [0.3, 0.4) is 0 Å². The molecule has 0 spiro atoms. The van der Waals surface area contributed by atoms with Crippen molar-refractivity contribution in [3.8, 4) is 0 Å². The molecular formula is C20H22Cl3N7O5. The number of aliphatic hydroxyl groups excluding tert-OH is 1. The fourth-order valence-electron chi connectivity index (χ4n) is 2.48. The molecule has 0 heterocycles. The second-order valence-electron chi connectivity index (χ2n) is 6.61. The van der Waals surface area contributed by atoms with Crippen LogP contribution >= 0.6 is 35.6 Å². The molecule has 2 aromatic rings. The van der Waals surface area contributed by atoms with Crippen molar-refractivity contribution in [1.82, 2.24) is 16.0 Å². The molecule has 2 rings (SSSR count). The van der Waals surface area contributed by atoms with E-state index < -0.39 is 42.9 Å².